The van der Waals surface area contributed by atoms with Gasteiger partial charge in [0.15, 0.2) is 0 Å². The highest BCUT2D eigenvalue weighted by atomic mass is 35.5. The predicted molar refractivity (Wildman–Crippen MR) is 73.3 cm³/mol. The summed E-state index contributed by atoms with van der Waals surface area (Å²) in [7, 11) is 0. The highest BCUT2D eigenvalue weighted by Crippen LogP contribution is 2.22. The normalized spacial score (nSPS) is 10.0. The summed E-state index contributed by atoms with van der Waals surface area (Å²) in [6.07, 6.45) is 4.96. The van der Waals surface area contributed by atoms with Crippen molar-refractivity contribution < 1.29 is 0 Å². The SMILES string of the molecule is Cc1ccccc1-c1cnn(CCCN)c1.Cl. The van der Waals surface area contributed by atoms with Gasteiger partial charge in [-0.25, -0.2) is 0 Å². The average molecular weight is 252 g/mol. The van der Waals surface area contributed by atoms with Crippen molar-refractivity contribution in [3.05, 3.63) is 42.2 Å². The lowest BCUT2D eigenvalue weighted by Gasteiger charge is -2.01. The molecule has 2 rings (SSSR count). The van der Waals surface area contributed by atoms with Crippen LogP contribution in [0.5, 0.6) is 0 Å². The molecular weight excluding hydrogens is 234 g/mol. The summed E-state index contributed by atoms with van der Waals surface area (Å²) >= 11 is 0. The number of hydrogen-bond donors (Lipinski definition) is 1. The average Bonchev–Trinajstić information content (AvgIpc) is 2.75. The van der Waals surface area contributed by atoms with Crippen molar-refractivity contribution in [2.45, 2.75) is 19.9 Å². The van der Waals surface area contributed by atoms with Gasteiger partial charge in [-0.1, -0.05) is 24.3 Å². The van der Waals surface area contributed by atoms with Crippen molar-refractivity contribution in [3.63, 3.8) is 0 Å². The largest absolute Gasteiger partial charge is 0.330 e. The molecule has 0 saturated carbocycles. The van der Waals surface area contributed by atoms with E-state index in [0.29, 0.717) is 6.54 Å². The van der Waals surface area contributed by atoms with E-state index in [1.807, 2.05) is 10.9 Å². The molecule has 4 heteroatoms. The van der Waals surface area contributed by atoms with Crippen LogP contribution in [-0.4, -0.2) is 16.3 Å². The highest BCUT2D eigenvalue weighted by Gasteiger charge is 2.03. The summed E-state index contributed by atoms with van der Waals surface area (Å²) in [6, 6.07) is 8.35. The first-order chi connectivity index (χ1) is 7.81. The van der Waals surface area contributed by atoms with Gasteiger partial charge < -0.3 is 5.73 Å². The molecule has 1 aromatic carbocycles. The van der Waals surface area contributed by atoms with Crippen LogP contribution in [0, 0.1) is 6.92 Å². The zero-order valence-electron chi connectivity index (χ0n) is 9.97. The van der Waals surface area contributed by atoms with Crippen molar-refractivity contribution in [1.29, 1.82) is 0 Å². The lowest BCUT2D eigenvalue weighted by molar-refractivity contribution is 0.585. The Balaban J connectivity index is 0.00000144. The highest BCUT2D eigenvalue weighted by molar-refractivity contribution is 5.85. The molecule has 0 amide bonds. The van der Waals surface area contributed by atoms with Crippen LogP contribution in [0.2, 0.25) is 0 Å². The smallest absolute Gasteiger partial charge is 0.0568 e. The van der Waals surface area contributed by atoms with Crippen molar-refractivity contribution >= 4 is 12.4 Å². The Kier molecular flexibility index (Phi) is 5.19. The predicted octanol–water partition coefficient (Wildman–Crippen LogP) is 2.63. The Morgan fingerprint density at radius 3 is 2.76 bits per heavy atom. The Labute approximate surface area is 108 Å². The molecule has 92 valence electrons. The molecule has 0 aliphatic carbocycles. The number of aryl methyl sites for hydroxylation is 2. The molecular formula is C13H18ClN3. The van der Waals surface area contributed by atoms with Crippen LogP contribution in [0.1, 0.15) is 12.0 Å². The molecule has 0 unspecified atom stereocenters. The van der Waals surface area contributed by atoms with E-state index < -0.39 is 0 Å². The monoisotopic (exact) mass is 251 g/mol. The van der Waals surface area contributed by atoms with Crippen molar-refractivity contribution in [1.82, 2.24) is 9.78 Å². The van der Waals surface area contributed by atoms with Gasteiger partial charge in [-0.3, -0.25) is 4.68 Å². The third-order valence-electron chi connectivity index (χ3n) is 2.68. The van der Waals surface area contributed by atoms with E-state index >= 15 is 0 Å². The van der Waals surface area contributed by atoms with Gasteiger partial charge in [-0.2, -0.15) is 5.10 Å². The molecule has 0 saturated heterocycles. The molecule has 0 radical (unpaired) electrons. The topological polar surface area (TPSA) is 43.8 Å². The summed E-state index contributed by atoms with van der Waals surface area (Å²) in [5.41, 5.74) is 9.18. The molecule has 0 aliphatic rings. The first-order valence-electron chi connectivity index (χ1n) is 5.60. The Hall–Kier alpha value is -1.32. The van der Waals surface area contributed by atoms with E-state index in [4.69, 9.17) is 5.73 Å². The molecule has 2 aromatic rings. The summed E-state index contributed by atoms with van der Waals surface area (Å²) in [5.74, 6) is 0. The molecule has 0 spiro atoms. The van der Waals surface area contributed by atoms with Crippen LogP contribution < -0.4 is 5.73 Å². The van der Waals surface area contributed by atoms with Gasteiger partial charge in [0, 0.05) is 18.3 Å². The number of benzene rings is 1. The van der Waals surface area contributed by atoms with Gasteiger partial charge in [0.25, 0.3) is 0 Å². The third-order valence-corrected chi connectivity index (χ3v) is 2.68. The summed E-state index contributed by atoms with van der Waals surface area (Å²) in [4.78, 5) is 0. The molecule has 0 bridgehead atoms. The van der Waals surface area contributed by atoms with Crippen LogP contribution in [0.15, 0.2) is 36.7 Å². The van der Waals surface area contributed by atoms with Crippen LogP contribution in [-0.2, 0) is 6.54 Å². The summed E-state index contributed by atoms with van der Waals surface area (Å²) < 4.78 is 1.95. The number of nitrogens with two attached hydrogens (primary N) is 1. The molecule has 2 N–H and O–H groups in total. The standard InChI is InChI=1S/C13H17N3.ClH/c1-11-5-2-3-6-13(11)12-9-15-16(10-12)8-4-7-14;/h2-3,5-6,9-10H,4,7-8,14H2,1H3;1H. The van der Waals surface area contributed by atoms with E-state index in [0.717, 1.165) is 13.0 Å². The van der Waals surface area contributed by atoms with E-state index in [1.165, 1.54) is 16.7 Å². The molecule has 17 heavy (non-hydrogen) atoms. The zero-order chi connectivity index (χ0) is 11.4. The lowest BCUT2D eigenvalue weighted by atomic mass is 10.0. The number of rotatable bonds is 4. The second kappa shape index (κ2) is 6.42. The maximum absolute atomic E-state index is 5.48. The second-order valence-corrected chi connectivity index (χ2v) is 3.95. The fourth-order valence-corrected chi connectivity index (χ4v) is 1.78. The molecule has 3 nitrogen and oxygen atoms in total. The number of nitrogens with zero attached hydrogens (tertiary/aromatic N) is 2. The van der Waals surface area contributed by atoms with Gasteiger partial charge in [0.05, 0.1) is 6.20 Å². The minimum Gasteiger partial charge on any atom is -0.330 e. The van der Waals surface area contributed by atoms with Gasteiger partial charge in [-0.15, -0.1) is 12.4 Å². The van der Waals surface area contributed by atoms with E-state index in [9.17, 15) is 0 Å². The second-order valence-electron chi connectivity index (χ2n) is 3.95. The Bertz CT molecular complexity index is 465. The van der Waals surface area contributed by atoms with Gasteiger partial charge in [0.2, 0.25) is 0 Å². The maximum Gasteiger partial charge on any atom is 0.0568 e. The number of hydrogen-bond acceptors (Lipinski definition) is 2. The summed E-state index contributed by atoms with van der Waals surface area (Å²) in [6.45, 7) is 3.72. The lowest BCUT2D eigenvalue weighted by Crippen LogP contribution is -2.05. The van der Waals surface area contributed by atoms with Crippen molar-refractivity contribution in [2.24, 2.45) is 5.73 Å². The number of halogens is 1. The van der Waals surface area contributed by atoms with E-state index in [2.05, 4.69) is 42.5 Å². The third kappa shape index (κ3) is 3.32. The summed E-state index contributed by atoms with van der Waals surface area (Å²) in [5, 5.41) is 4.33. The molecule has 0 aliphatic heterocycles. The molecule has 0 fully saturated rings. The van der Waals surface area contributed by atoms with Gasteiger partial charge >= 0.3 is 0 Å². The minimum atomic E-state index is 0. The molecule has 1 heterocycles. The van der Waals surface area contributed by atoms with Crippen LogP contribution in [0.4, 0.5) is 0 Å². The Morgan fingerprint density at radius 1 is 1.29 bits per heavy atom. The van der Waals surface area contributed by atoms with Crippen molar-refractivity contribution in [3.8, 4) is 11.1 Å². The fourth-order valence-electron chi connectivity index (χ4n) is 1.78. The zero-order valence-corrected chi connectivity index (χ0v) is 10.8. The van der Waals surface area contributed by atoms with Crippen LogP contribution in [0.3, 0.4) is 0 Å². The van der Waals surface area contributed by atoms with E-state index in [1.54, 1.807) is 0 Å². The first-order valence-corrected chi connectivity index (χ1v) is 5.60. The quantitative estimate of drug-likeness (QED) is 0.908. The van der Waals surface area contributed by atoms with E-state index in [-0.39, 0.29) is 12.4 Å². The number of aromatic nitrogens is 2. The van der Waals surface area contributed by atoms with Crippen LogP contribution >= 0.6 is 12.4 Å². The fraction of sp³-hybridized carbons (Fsp3) is 0.308. The van der Waals surface area contributed by atoms with Gasteiger partial charge in [-0.05, 0) is 31.0 Å². The minimum absolute atomic E-state index is 0. The maximum atomic E-state index is 5.48. The van der Waals surface area contributed by atoms with Crippen molar-refractivity contribution in [2.75, 3.05) is 6.54 Å². The van der Waals surface area contributed by atoms with Crippen LogP contribution in [0.25, 0.3) is 11.1 Å². The van der Waals surface area contributed by atoms with Gasteiger partial charge in [0.1, 0.15) is 0 Å². The molecule has 1 aromatic heterocycles. The first kappa shape index (κ1) is 13.7. The molecule has 0 atom stereocenters. The Morgan fingerprint density at radius 2 is 2.06 bits per heavy atom.